The van der Waals surface area contributed by atoms with Gasteiger partial charge in [-0.05, 0) is 31.0 Å². The minimum atomic E-state index is -0.687. The molecule has 0 saturated carbocycles. The molecule has 1 aromatic carbocycles. The van der Waals surface area contributed by atoms with E-state index in [1.807, 2.05) is 13.3 Å². The van der Waals surface area contributed by atoms with E-state index in [1.165, 1.54) is 4.90 Å². The number of rotatable bonds is 3. The van der Waals surface area contributed by atoms with Crippen LogP contribution in [0.3, 0.4) is 0 Å². The molecule has 0 aliphatic carbocycles. The highest BCUT2D eigenvalue weighted by Crippen LogP contribution is 2.32. The van der Waals surface area contributed by atoms with Crippen molar-refractivity contribution in [3.05, 3.63) is 29.8 Å². The van der Waals surface area contributed by atoms with Gasteiger partial charge in [0.25, 0.3) is 0 Å². The Labute approximate surface area is 106 Å². The first-order chi connectivity index (χ1) is 8.11. The zero-order valence-corrected chi connectivity index (χ0v) is 10.9. The van der Waals surface area contributed by atoms with Crippen LogP contribution < -0.4 is 0 Å². The Bertz CT molecular complexity index is 404. The second-order valence-electron chi connectivity index (χ2n) is 4.55. The number of likely N-dealkylation sites (tertiary alicyclic amines) is 1. The standard InChI is InChI=1S/C13H17NO2S/c1-14-7-11(12(8-14)13(15)16)9-3-5-10(17-2)6-4-9/h3-6,11-12H,7-8H2,1-2H3,(H,15,16). The Balaban J connectivity index is 2.22. The molecule has 1 fully saturated rings. The van der Waals surface area contributed by atoms with Gasteiger partial charge in [0.15, 0.2) is 0 Å². The lowest BCUT2D eigenvalue weighted by atomic mass is 9.89. The molecule has 92 valence electrons. The number of likely N-dealkylation sites (N-methyl/N-ethyl adjacent to an activating group) is 1. The second kappa shape index (κ2) is 5.10. The summed E-state index contributed by atoms with van der Waals surface area (Å²) in [5.74, 6) is -0.846. The van der Waals surface area contributed by atoms with Gasteiger partial charge in [0.05, 0.1) is 5.92 Å². The summed E-state index contributed by atoms with van der Waals surface area (Å²) in [6.07, 6.45) is 2.04. The minimum absolute atomic E-state index is 0.119. The highest BCUT2D eigenvalue weighted by atomic mass is 32.2. The van der Waals surface area contributed by atoms with Crippen LogP contribution in [0.25, 0.3) is 0 Å². The van der Waals surface area contributed by atoms with Gasteiger partial charge in [0.2, 0.25) is 0 Å². The van der Waals surface area contributed by atoms with Crippen molar-refractivity contribution in [2.24, 2.45) is 5.92 Å². The maximum Gasteiger partial charge on any atom is 0.308 e. The molecule has 1 aliphatic heterocycles. The number of hydrogen-bond donors (Lipinski definition) is 1. The Hall–Kier alpha value is -1.00. The normalized spacial score (nSPS) is 25.1. The largest absolute Gasteiger partial charge is 0.481 e. The monoisotopic (exact) mass is 251 g/mol. The van der Waals surface area contributed by atoms with Crippen molar-refractivity contribution in [2.45, 2.75) is 10.8 Å². The van der Waals surface area contributed by atoms with Crippen LogP contribution in [-0.4, -0.2) is 42.4 Å². The first-order valence-corrected chi connectivity index (χ1v) is 6.89. The number of thioether (sulfide) groups is 1. The minimum Gasteiger partial charge on any atom is -0.481 e. The van der Waals surface area contributed by atoms with Crippen molar-refractivity contribution in [3.8, 4) is 0 Å². The van der Waals surface area contributed by atoms with Gasteiger partial charge >= 0.3 is 5.97 Å². The van der Waals surface area contributed by atoms with E-state index in [4.69, 9.17) is 0 Å². The van der Waals surface area contributed by atoms with Crippen molar-refractivity contribution in [2.75, 3.05) is 26.4 Å². The van der Waals surface area contributed by atoms with Crippen LogP contribution in [0.15, 0.2) is 29.2 Å². The fraction of sp³-hybridized carbons (Fsp3) is 0.462. The molecule has 0 spiro atoms. The molecule has 2 rings (SSSR count). The molecule has 1 saturated heterocycles. The summed E-state index contributed by atoms with van der Waals surface area (Å²) in [5.41, 5.74) is 1.14. The number of nitrogens with zero attached hydrogens (tertiary/aromatic N) is 1. The van der Waals surface area contributed by atoms with Gasteiger partial charge in [-0.25, -0.2) is 0 Å². The Kier molecular flexibility index (Phi) is 3.74. The van der Waals surface area contributed by atoms with E-state index in [-0.39, 0.29) is 11.8 Å². The van der Waals surface area contributed by atoms with Crippen LogP contribution in [0.5, 0.6) is 0 Å². The van der Waals surface area contributed by atoms with E-state index < -0.39 is 5.97 Å². The van der Waals surface area contributed by atoms with E-state index in [2.05, 4.69) is 29.2 Å². The Morgan fingerprint density at radius 1 is 1.35 bits per heavy atom. The van der Waals surface area contributed by atoms with Crippen molar-refractivity contribution >= 4 is 17.7 Å². The smallest absolute Gasteiger partial charge is 0.308 e. The third-order valence-electron chi connectivity index (χ3n) is 3.36. The van der Waals surface area contributed by atoms with Crippen LogP contribution in [0, 0.1) is 5.92 Å². The summed E-state index contributed by atoms with van der Waals surface area (Å²) >= 11 is 1.70. The molecule has 1 N–H and O–H groups in total. The third kappa shape index (κ3) is 2.64. The van der Waals surface area contributed by atoms with Gasteiger partial charge in [-0.2, -0.15) is 0 Å². The van der Waals surface area contributed by atoms with Crippen molar-refractivity contribution in [1.82, 2.24) is 4.90 Å². The molecular formula is C13H17NO2S. The van der Waals surface area contributed by atoms with E-state index in [0.29, 0.717) is 6.54 Å². The summed E-state index contributed by atoms with van der Waals surface area (Å²) in [4.78, 5) is 14.5. The molecule has 0 aromatic heterocycles. The zero-order chi connectivity index (χ0) is 12.4. The van der Waals surface area contributed by atoms with Crippen LogP contribution in [0.2, 0.25) is 0 Å². The number of aliphatic carboxylic acids is 1. The molecule has 17 heavy (non-hydrogen) atoms. The van der Waals surface area contributed by atoms with E-state index >= 15 is 0 Å². The first kappa shape index (κ1) is 12.5. The Morgan fingerprint density at radius 2 is 2.00 bits per heavy atom. The average Bonchev–Trinajstić information content (AvgIpc) is 2.72. The summed E-state index contributed by atoms with van der Waals surface area (Å²) in [5, 5.41) is 9.23. The number of carbonyl (C=O) groups is 1. The van der Waals surface area contributed by atoms with Crippen molar-refractivity contribution in [1.29, 1.82) is 0 Å². The number of hydrogen-bond acceptors (Lipinski definition) is 3. The molecule has 3 nitrogen and oxygen atoms in total. The summed E-state index contributed by atoms with van der Waals surface area (Å²) < 4.78 is 0. The predicted octanol–water partition coefficient (Wildman–Crippen LogP) is 2.14. The third-order valence-corrected chi connectivity index (χ3v) is 4.11. The number of carboxylic acids is 1. The van der Waals surface area contributed by atoms with Crippen LogP contribution in [-0.2, 0) is 4.79 Å². The van der Waals surface area contributed by atoms with E-state index in [0.717, 1.165) is 12.1 Å². The zero-order valence-electron chi connectivity index (χ0n) is 10.1. The summed E-state index contributed by atoms with van der Waals surface area (Å²) in [6, 6.07) is 8.26. The van der Waals surface area contributed by atoms with Gasteiger partial charge in [-0.1, -0.05) is 12.1 Å². The number of carboxylic acid groups (broad SMARTS) is 1. The number of benzene rings is 1. The molecule has 4 heteroatoms. The fourth-order valence-corrected chi connectivity index (χ4v) is 2.85. The highest BCUT2D eigenvalue weighted by molar-refractivity contribution is 7.98. The molecule has 1 heterocycles. The van der Waals surface area contributed by atoms with Crippen LogP contribution in [0.1, 0.15) is 11.5 Å². The molecule has 1 aromatic rings. The van der Waals surface area contributed by atoms with Gasteiger partial charge in [0, 0.05) is 23.9 Å². The predicted molar refractivity (Wildman–Crippen MR) is 69.6 cm³/mol. The van der Waals surface area contributed by atoms with E-state index in [1.54, 1.807) is 11.8 Å². The average molecular weight is 251 g/mol. The lowest BCUT2D eigenvalue weighted by Gasteiger charge is -2.15. The Morgan fingerprint density at radius 3 is 2.53 bits per heavy atom. The fourth-order valence-electron chi connectivity index (χ4n) is 2.44. The molecule has 0 radical (unpaired) electrons. The topological polar surface area (TPSA) is 40.5 Å². The van der Waals surface area contributed by atoms with Gasteiger partial charge in [-0.3, -0.25) is 4.79 Å². The maximum atomic E-state index is 11.2. The lowest BCUT2D eigenvalue weighted by Crippen LogP contribution is -2.21. The van der Waals surface area contributed by atoms with Gasteiger partial charge < -0.3 is 10.0 Å². The molecule has 2 unspecified atom stereocenters. The molecule has 1 aliphatic rings. The lowest BCUT2D eigenvalue weighted by molar-refractivity contribution is -0.141. The molecule has 2 atom stereocenters. The molecular weight excluding hydrogens is 234 g/mol. The SMILES string of the molecule is CSc1ccc(C2CN(C)CC2C(=O)O)cc1. The second-order valence-corrected chi connectivity index (χ2v) is 5.43. The maximum absolute atomic E-state index is 11.2. The summed E-state index contributed by atoms with van der Waals surface area (Å²) in [7, 11) is 1.98. The molecule has 0 bridgehead atoms. The quantitative estimate of drug-likeness (QED) is 0.836. The van der Waals surface area contributed by atoms with Gasteiger partial charge in [-0.15, -0.1) is 11.8 Å². The van der Waals surface area contributed by atoms with Crippen molar-refractivity contribution in [3.63, 3.8) is 0 Å². The molecule has 0 amide bonds. The van der Waals surface area contributed by atoms with Crippen molar-refractivity contribution < 1.29 is 9.90 Å². The highest BCUT2D eigenvalue weighted by Gasteiger charge is 2.36. The van der Waals surface area contributed by atoms with Crippen LogP contribution >= 0.6 is 11.8 Å². The van der Waals surface area contributed by atoms with Crippen LogP contribution in [0.4, 0.5) is 0 Å². The van der Waals surface area contributed by atoms with E-state index in [9.17, 15) is 9.90 Å². The first-order valence-electron chi connectivity index (χ1n) is 5.67. The summed E-state index contributed by atoms with van der Waals surface area (Å²) in [6.45, 7) is 1.47. The van der Waals surface area contributed by atoms with Gasteiger partial charge in [0.1, 0.15) is 0 Å².